The molecule has 22 heavy (non-hydrogen) atoms. The van der Waals surface area contributed by atoms with Crippen LogP contribution in [0.15, 0.2) is 72.8 Å². The summed E-state index contributed by atoms with van der Waals surface area (Å²) in [6, 6.07) is 17.0. The number of allylic oxidation sites excluding steroid dienone is 4. The Bertz CT molecular complexity index is 758. The second kappa shape index (κ2) is 6.19. The minimum atomic E-state index is 1.01. The smallest absolute Gasteiger partial charge is 0.00108 e. The lowest BCUT2D eigenvalue weighted by Gasteiger charge is -2.12. The van der Waals surface area contributed by atoms with Crippen molar-refractivity contribution in [3.63, 3.8) is 0 Å². The van der Waals surface area contributed by atoms with E-state index in [0.29, 0.717) is 0 Å². The highest BCUT2D eigenvalue weighted by molar-refractivity contribution is 5.86. The molecular weight excluding hydrogens is 264 g/mol. The summed E-state index contributed by atoms with van der Waals surface area (Å²) in [6.07, 6.45) is 6.62. The summed E-state index contributed by atoms with van der Waals surface area (Å²) in [5.41, 5.74) is 9.24. The lowest BCUT2D eigenvalue weighted by atomic mass is 9.92. The van der Waals surface area contributed by atoms with Crippen molar-refractivity contribution in [2.24, 2.45) is 0 Å². The van der Waals surface area contributed by atoms with Gasteiger partial charge in [0.05, 0.1) is 0 Å². The zero-order valence-corrected chi connectivity index (χ0v) is 13.4. The zero-order chi connectivity index (χ0) is 15.5. The van der Waals surface area contributed by atoms with Gasteiger partial charge >= 0.3 is 0 Å². The first-order valence-electron chi connectivity index (χ1n) is 7.95. The highest BCUT2D eigenvalue weighted by atomic mass is 14.2. The third-order valence-electron chi connectivity index (χ3n) is 4.43. The molecule has 0 fully saturated rings. The Kier molecular flexibility index (Phi) is 4.11. The molecule has 0 aromatic heterocycles. The van der Waals surface area contributed by atoms with Crippen molar-refractivity contribution in [3.8, 4) is 0 Å². The van der Waals surface area contributed by atoms with Gasteiger partial charge < -0.3 is 0 Å². The van der Waals surface area contributed by atoms with Crippen molar-refractivity contribution in [3.05, 3.63) is 95.1 Å². The Morgan fingerprint density at radius 3 is 2.59 bits per heavy atom. The van der Waals surface area contributed by atoms with E-state index in [1.54, 1.807) is 0 Å². The SMILES string of the molecule is C=C(c1ccccc1)c1cccc2c1CC(/C=C\CC)=C2C. The van der Waals surface area contributed by atoms with E-state index < -0.39 is 0 Å². The minimum absolute atomic E-state index is 1.01. The van der Waals surface area contributed by atoms with Crippen molar-refractivity contribution in [2.45, 2.75) is 26.7 Å². The Morgan fingerprint density at radius 2 is 1.86 bits per heavy atom. The van der Waals surface area contributed by atoms with Gasteiger partial charge in [0.15, 0.2) is 0 Å². The maximum atomic E-state index is 4.35. The average Bonchev–Trinajstić information content (AvgIpc) is 2.89. The molecule has 2 aromatic carbocycles. The van der Waals surface area contributed by atoms with Crippen LogP contribution in [0, 0.1) is 0 Å². The minimum Gasteiger partial charge on any atom is -0.0905 e. The first-order valence-corrected chi connectivity index (χ1v) is 7.95. The quantitative estimate of drug-likeness (QED) is 0.642. The largest absolute Gasteiger partial charge is 0.0905 e. The van der Waals surface area contributed by atoms with Gasteiger partial charge in [-0.25, -0.2) is 0 Å². The molecule has 3 rings (SSSR count). The van der Waals surface area contributed by atoms with Crippen molar-refractivity contribution >= 4 is 11.1 Å². The van der Waals surface area contributed by atoms with Crippen LogP contribution in [0.4, 0.5) is 0 Å². The van der Waals surface area contributed by atoms with Crippen LogP contribution in [0.2, 0.25) is 0 Å². The Balaban J connectivity index is 2.01. The standard InChI is InChI=1S/C22H22/c1-4-5-10-19-15-22-20(13-9-14-21(22)17(19)3)16(2)18-11-7-6-8-12-18/h5-14H,2,4,15H2,1,3H3/b10-5-. The van der Waals surface area contributed by atoms with Crippen molar-refractivity contribution in [1.29, 1.82) is 0 Å². The fourth-order valence-corrected chi connectivity index (χ4v) is 3.15. The summed E-state index contributed by atoms with van der Waals surface area (Å²) in [5.74, 6) is 0. The van der Waals surface area contributed by atoms with Crippen molar-refractivity contribution in [1.82, 2.24) is 0 Å². The van der Waals surface area contributed by atoms with Gasteiger partial charge in [-0.2, -0.15) is 0 Å². The van der Waals surface area contributed by atoms with E-state index >= 15 is 0 Å². The molecule has 1 aliphatic rings. The fourth-order valence-electron chi connectivity index (χ4n) is 3.15. The van der Waals surface area contributed by atoms with Gasteiger partial charge in [0.2, 0.25) is 0 Å². The van der Waals surface area contributed by atoms with Crippen LogP contribution in [-0.4, -0.2) is 0 Å². The first kappa shape index (κ1) is 14.6. The average molecular weight is 286 g/mol. The lowest BCUT2D eigenvalue weighted by molar-refractivity contribution is 1.19. The Morgan fingerprint density at radius 1 is 1.09 bits per heavy atom. The molecule has 2 aromatic rings. The summed E-state index contributed by atoms with van der Waals surface area (Å²) in [5, 5.41) is 0. The summed E-state index contributed by atoms with van der Waals surface area (Å²) >= 11 is 0. The van der Waals surface area contributed by atoms with Crippen LogP contribution in [0.25, 0.3) is 11.1 Å². The highest BCUT2D eigenvalue weighted by Gasteiger charge is 2.20. The monoisotopic (exact) mass is 286 g/mol. The number of rotatable bonds is 4. The Labute approximate surface area is 133 Å². The van der Waals surface area contributed by atoms with Crippen LogP contribution >= 0.6 is 0 Å². The van der Waals surface area contributed by atoms with Crippen LogP contribution in [0.5, 0.6) is 0 Å². The van der Waals surface area contributed by atoms with E-state index in [0.717, 1.165) is 18.4 Å². The molecule has 110 valence electrons. The number of hydrogen-bond acceptors (Lipinski definition) is 0. The molecular formula is C22H22. The molecule has 0 saturated heterocycles. The van der Waals surface area contributed by atoms with Gasteiger partial charge in [-0.1, -0.05) is 74.2 Å². The molecule has 0 bridgehead atoms. The topological polar surface area (TPSA) is 0 Å². The zero-order valence-electron chi connectivity index (χ0n) is 13.4. The Hall–Kier alpha value is -2.34. The molecule has 0 spiro atoms. The van der Waals surface area contributed by atoms with Crippen LogP contribution < -0.4 is 0 Å². The van der Waals surface area contributed by atoms with E-state index in [9.17, 15) is 0 Å². The summed E-state index contributed by atoms with van der Waals surface area (Å²) in [7, 11) is 0. The molecule has 1 aliphatic carbocycles. The molecule has 0 aliphatic heterocycles. The molecule has 0 amide bonds. The summed E-state index contributed by atoms with van der Waals surface area (Å²) in [6.45, 7) is 8.76. The highest BCUT2D eigenvalue weighted by Crippen LogP contribution is 2.38. The summed E-state index contributed by atoms with van der Waals surface area (Å²) in [4.78, 5) is 0. The first-order chi connectivity index (χ1) is 10.7. The maximum Gasteiger partial charge on any atom is -0.00108 e. The second-order valence-electron chi connectivity index (χ2n) is 5.81. The third-order valence-corrected chi connectivity index (χ3v) is 4.43. The van der Waals surface area contributed by atoms with E-state index in [-0.39, 0.29) is 0 Å². The molecule has 0 unspecified atom stereocenters. The van der Waals surface area contributed by atoms with Crippen LogP contribution in [0.1, 0.15) is 42.5 Å². The van der Waals surface area contributed by atoms with Gasteiger partial charge in [-0.05, 0) is 58.7 Å². The number of hydrogen-bond donors (Lipinski definition) is 0. The van der Waals surface area contributed by atoms with Crippen molar-refractivity contribution in [2.75, 3.05) is 0 Å². The van der Waals surface area contributed by atoms with Gasteiger partial charge in [0.25, 0.3) is 0 Å². The normalized spacial score (nSPS) is 13.7. The van der Waals surface area contributed by atoms with Gasteiger partial charge in [-0.15, -0.1) is 0 Å². The summed E-state index contributed by atoms with van der Waals surface area (Å²) < 4.78 is 0. The third kappa shape index (κ3) is 2.57. The molecule has 0 nitrogen and oxygen atoms in total. The predicted molar refractivity (Wildman–Crippen MR) is 96.7 cm³/mol. The van der Waals surface area contributed by atoms with Crippen LogP contribution in [0.3, 0.4) is 0 Å². The van der Waals surface area contributed by atoms with Gasteiger partial charge in [0, 0.05) is 0 Å². The predicted octanol–water partition coefficient (Wildman–Crippen LogP) is 6.04. The number of fused-ring (bicyclic) bond motifs is 1. The molecule has 0 heteroatoms. The van der Waals surface area contributed by atoms with E-state index in [1.807, 2.05) is 6.07 Å². The molecule has 0 saturated carbocycles. The van der Waals surface area contributed by atoms with Crippen molar-refractivity contribution < 1.29 is 0 Å². The van der Waals surface area contributed by atoms with E-state index in [1.165, 1.54) is 33.4 Å². The molecule has 0 N–H and O–H groups in total. The molecule has 0 heterocycles. The van der Waals surface area contributed by atoms with E-state index in [2.05, 4.69) is 75.0 Å². The van der Waals surface area contributed by atoms with Crippen LogP contribution in [-0.2, 0) is 6.42 Å². The second-order valence-corrected chi connectivity index (χ2v) is 5.81. The molecule has 0 atom stereocenters. The van der Waals surface area contributed by atoms with Gasteiger partial charge in [-0.3, -0.25) is 0 Å². The molecule has 0 radical (unpaired) electrons. The maximum absolute atomic E-state index is 4.35. The van der Waals surface area contributed by atoms with E-state index in [4.69, 9.17) is 0 Å². The number of benzene rings is 2. The fraction of sp³-hybridized carbons (Fsp3) is 0.182. The lowest BCUT2D eigenvalue weighted by Crippen LogP contribution is -1.94. The van der Waals surface area contributed by atoms with Gasteiger partial charge in [0.1, 0.15) is 0 Å².